The van der Waals surface area contributed by atoms with Crippen molar-refractivity contribution < 1.29 is 13.2 Å². The van der Waals surface area contributed by atoms with E-state index in [9.17, 15) is 8.42 Å². The van der Waals surface area contributed by atoms with Crippen LogP contribution in [0.1, 0.15) is 12.8 Å². The molecule has 0 unspecified atom stereocenters. The fraction of sp³-hybridized carbons (Fsp3) is 0.455. The first-order valence-corrected chi connectivity index (χ1v) is 7.78. The Kier molecular flexibility index (Phi) is 6.07. The number of unbranched alkanes of at least 4 members (excludes halogenated alkanes) is 1. The Balaban J connectivity index is 2.63. The number of sulfonamides is 1. The van der Waals surface area contributed by atoms with Gasteiger partial charge in [0.2, 0.25) is 10.0 Å². The lowest BCUT2D eigenvalue weighted by Crippen LogP contribution is -2.25. The molecule has 0 spiro atoms. The van der Waals surface area contributed by atoms with Crippen molar-refractivity contribution in [3.05, 3.63) is 22.7 Å². The van der Waals surface area contributed by atoms with Crippen LogP contribution >= 0.6 is 15.9 Å². The van der Waals surface area contributed by atoms with Crippen molar-refractivity contribution in [3.8, 4) is 0 Å². The van der Waals surface area contributed by atoms with Crippen molar-refractivity contribution in [3.63, 3.8) is 0 Å². The normalized spacial score (nSPS) is 11.7. The SMILES string of the molecule is COCCCCNS(=O)(=O)c1ccc(Br)cc1N. The third-order valence-corrected chi connectivity index (χ3v) is 4.36. The van der Waals surface area contributed by atoms with E-state index in [0.717, 1.165) is 17.3 Å². The second kappa shape index (κ2) is 7.08. The topological polar surface area (TPSA) is 81.4 Å². The lowest BCUT2D eigenvalue weighted by molar-refractivity contribution is 0.193. The minimum absolute atomic E-state index is 0.109. The van der Waals surface area contributed by atoms with E-state index in [1.165, 1.54) is 6.07 Å². The van der Waals surface area contributed by atoms with Crippen molar-refractivity contribution in [1.82, 2.24) is 4.72 Å². The molecule has 0 aromatic heterocycles. The summed E-state index contributed by atoms with van der Waals surface area (Å²) in [5.74, 6) is 0. The number of nitrogen functional groups attached to an aromatic ring is 1. The van der Waals surface area contributed by atoms with E-state index >= 15 is 0 Å². The summed E-state index contributed by atoms with van der Waals surface area (Å²) in [7, 11) is -1.91. The second-order valence-electron chi connectivity index (χ2n) is 3.78. The van der Waals surface area contributed by atoms with E-state index < -0.39 is 10.0 Å². The highest BCUT2D eigenvalue weighted by atomic mass is 79.9. The van der Waals surface area contributed by atoms with E-state index in [1.54, 1.807) is 19.2 Å². The molecule has 0 saturated carbocycles. The number of anilines is 1. The molecule has 0 amide bonds. The molecule has 0 heterocycles. The highest BCUT2D eigenvalue weighted by Crippen LogP contribution is 2.22. The fourth-order valence-corrected chi connectivity index (χ4v) is 2.98. The standard InChI is InChI=1S/C11H17BrN2O3S/c1-17-7-3-2-6-14-18(15,16)11-5-4-9(12)8-10(11)13/h4-5,8,14H,2-3,6-7,13H2,1H3. The molecule has 1 rings (SSSR count). The van der Waals surface area contributed by atoms with E-state index in [-0.39, 0.29) is 10.6 Å². The molecular formula is C11H17BrN2O3S. The summed E-state index contributed by atoms with van der Waals surface area (Å²) in [6.45, 7) is 1.00. The summed E-state index contributed by atoms with van der Waals surface area (Å²) in [5.41, 5.74) is 5.92. The van der Waals surface area contributed by atoms with E-state index in [0.29, 0.717) is 13.2 Å². The number of hydrogen-bond donors (Lipinski definition) is 2. The van der Waals surface area contributed by atoms with Gasteiger partial charge in [0.15, 0.2) is 0 Å². The molecule has 5 nitrogen and oxygen atoms in total. The fourth-order valence-electron chi connectivity index (χ4n) is 1.42. The van der Waals surface area contributed by atoms with Crippen LogP contribution in [0.4, 0.5) is 5.69 Å². The predicted molar refractivity (Wildman–Crippen MR) is 74.9 cm³/mol. The first kappa shape index (κ1) is 15.4. The Hall–Kier alpha value is -0.630. The Morgan fingerprint density at radius 1 is 1.39 bits per heavy atom. The second-order valence-corrected chi connectivity index (χ2v) is 6.43. The Labute approximate surface area is 116 Å². The number of nitrogens with one attached hydrogen (secondary N) is 1. The highest BCUT2D eigenvalue weighted by Gasteiger charge is 2.16. The van der Waals surface area contributed by atoms with Crippen molar-refractivity contribution in [2.75, 3.05) is 26.0 Å². The van der Waals surface area contributed by atoms with Gasteiger partial charge in [-0.3, -0.25) is 0 Å². The lowest BCUT2D eigenvalue weighted by atomic mass is 10.3. The van der Waals surface area contributed by atoms with Gasteiger partial charge in [-0.05, 0) is 31.0 Å². The number of rotatable bonds is 7. The van der Waals surface area contributed by atoms with Crippen LogP contribution in [0, 0.1) is 0 Å². The van der Waals surface area contributed by atoms with Gasteiger partial charge >= 0.3 is 0 Å². The smallest absolute Gasteiger partial charge is 0.242 e. The molecule has 0 bridgehead atoms. The monoisotopic (exact) mass is 336 g/mol. The molecule has 0 aliphatic heterocycles. The van der Waals surface area contributed by atoms with Crippen molar-refractivity contribution in [2.45, 2.75) is 17.7 Å². The van der Waals surface area contributed by atoms with Crippen LogP contribution in [-0.2, 0) is 14.8 Å². The van der Waals surface area contributed by atoms with E-state index in [2.05, 4.69) is 20.7 Å². The van der Waals surface area contributed by atoms with Gasteiger partial charge in [-0.2, -0.15) is 0 Å². The molecule has 18 heavy (non-hydrogen) atoms. The van der Waals surface area contributed by atoms with Crippen molar-refractivity contribution >= 4 is 31.6 Å². The Morgan fingerprint density at radius 2 is 2.11 bits per heavy atom. The summed E-state index contributed by atoms with van der Waals surface area (Å²) >= 11 is 3.23. The quantitative estimate of drug-likeness (QED) is 0.587. The van der Waals surface area contributed by atoms with Crippen LogP contribution < -0.4 is 10.5 Å². The number of ether oxygens (including phenoxy) is 1. The molecule has 0 saturated heterocycles. The molecule has 0 radical (unpaired) electrons. The van der Waals surface area contributed by atoms with Gasteiger partial charge in [-0.1, -0.05) is 15.9 Å². The van der Waals surface area contributed by atoms with E-state index in [1.807, 2.05) is 0 Å². The minimum atomic E-state index is -3.53. The van der Waals surface area contributed by atoms with Gasteiger partial charge in [0.1, 0.15) is 4.90 Å². The first-order chi connectivity index (χ1) is 8.47. The number of nitrogens with two attached hydrogens (primary N) is 1. The van der Waals surface area contributed by atoms with Gasteiger partial charge in [0, 0.05) is 24.7 Å². The van der Waals surface area contributed by atoms with Crippen LogP contribution in [0.2, 0.25) is 0 Å². The average molecular weight is 337 g/mol. The lowest BCUT2D eigenvalue weighted by Gasteiger charge is -2.09. The number of benzene rings is 1. The molecular weight excluding hydrogens is 320 g/mol. The summed E-state index contributed by atoms with van der Waals surface area (Å²) in [6, 6.07) is 4.70. The van der Waals surface area contributed by atoms with Gasteiger partial charge in [0.05, 0.1) is 5.69 Å². The summed E-state index contributed by atoms with van der Waals surface area (Å²) in [6.07, 6.45) is 1.54. The zero-order valence-electron chi connectivity index (χ0n) is 10.1. The van der Waals surface area contributed by atoms with Gasteiger partial charge in [-0.25, -0.2) is 13.1 Å². The molecule has 1 aromatic rings. The van der Waals surface area contributed by atoms with Crippen LogP contribution in [0.5, 0.6) is 0 Å². The predicted octanol–water partition coefficient (Wildman–Crippen LogP) is 1.74. The average Bonchev–Trinajstić information content (AvgIpc) is 2.28. The maximum absolute atomic E-state index is 12.0. The molecule has 0 fully saturated rings. The molecule has 0 aliphatic carbocycles. The molecule has 0 atom stereocenters. The van der Waals surface area contributed by atoms with Crippen LogP contribution in [0.15, 0.2) is 27.6 Å². The summed E-state index contributed by atoms with van der Waals surface area (Å²) in [5, 5.41) is 0. The number of methoxy groups -OCH3 is 1. The Bertz CT molecular complexity index is 491. The molecule has 7 heteroatoms. The van der Waals surface area contributed by atoms with Crippen molar-refractivity contribution in [2.24, 2.45) is 0 Å². The van der Waals surface area contributed by atoms with Gasteiger partial charge in [0.25, 0.3) is 0 Å². The zero-order chi connectivity index (χ0) is 13.6. The van der Waals surface area contributed by atoms with Crippen molar-refractivity contribution in [1.29, 1.82) is 0 Å². The Morgan fingerprint density at radius 3 is 2.72 bits per heavy atom. The molecule has 102 valence electrons. The summed E-state index contributed by atoms with van der Waals surface area (Å²) in [4.78, 5) is 0.109. The third kappa shape index (κ3) is 4.56. The third-order valence-electron chi connectivity index (χ3n) is 2.33. The first-order valence-electron chi connectivity index (χ1n) is 5.51. The van der Waals surface area contributed by atoms with Gasteiger partial charge < -0.3 is 10.5 Å². The minimum Gasteiger partial charge on any atom is -0.398 e. The molecule has 0 aliphatic rings. The molecule has 3 N–H and O–H groups in total. The maximum atomic E-state index is 12.0. The molecule has 1 aromatic carbocycles. The maximum Gasteiger partial charge on any atom is 0.242 e. The zero-order valence-corrected chi connectivity index (χ0v) is 12.6. The highest BCUT2D eigenvalue weighted by molar-refractivity contribution is 9.10. The van der Waals surface area contributed by atoms with E-state index in [4.69, 9.17) is 10.5 Å². The largest absolute Gasteiger partial charge is 0.398 e. The van der Waals surface area contributed by atoms with Crippen LogP contribution in [0.3, 0.4) is 0 Å². The summed E-state index contributed by atoms with van der Waals surface area (Å²) < 4.78 is 32.1. The van der Waals surface area contributed by atoms with Gasteiger partial charge in [-0.15, -0.1) is 0 Å². The van der Waals surface area contributed by atoms with Crippen LogP contribution in [0.25, 0.3) is 0 Å². The number of halogens is 1. The van der Waals surface area contributed by atoms with Crippen LogP contribution in [-0.4, -0.2) is 28.7 Å². The number of hydrogen-bond acceptors (Lipinski definition) is 4.